The predicted octanol–water partition coefficient (Wildman–Crippen LogP) is 2.00. The van der Waals surface area contributed by atoms with Gasteiger partial charge in [0.05, 0.1) is 30.4 Å². The summed E-state index contributed by atoms with van der Waals surface area (Å²) in [4.78, 5) is 23.0. The third-order valence-corrected chi connectivity index (χ3v) is 4.76. The Morgan fingerprint density at radius 1 is 1.20 bits per heavy atom. The Hall–Kier alpha value is -3.21. The number of carbonyl (C=O) groups is 1. The van der Waals surface area contributed by atoms with Crippen molar-refractivity contribution in [2.45, 2.75) is 19.3 Å². The third kappa shape index (κ3) is 4.35. The number of anilines is 1. The molecule has 4 rings (SSSR count). The van der Waals surface area contributed by atoms with Crippen LogP contribution in [0.15, 0.2) is 36.8 Å². The Balaban J connectivity index is 1.44. The van der Waals surface area contributed by atoms with Crippen LogP contribution in [-0.4, -0.2) is 52.0 Å². The topological polar surface area (TPSA) is 85.2 Å². The van der Waals surface area contributed by atoms with Gasteiger partial charge < -0.3 is 15.0 Å². The van der Waals surface area contributed by atoms with Gasteiger partial charge in [-0.3, -0.25) is 4.79 Å². The minimum Gasteiger partial charge on any atom is -0.378 e. The maximum absolute atomic E-state index is 12.8. The summed E-state index contributed by atoms with van der Waals surface area (Å²) in [6.45, 7) is 2.50. The first-order valence-corrected chi connectivity index (χ1v) is 9.34. The minimum absolute atomic E-state index is 0.0179. The monoisotopic (exact) mass is 420 g/mol. The number of morpholine rings is 1. The number of fused-ring (bicyclic) bond motifs is 1. The van der Waals surface area contributed by atoms with Gasteiger partial charge in [-0.05, 0) is 17.7 Å². The molecule has 1 aliphatic heterocycles. The minimum atomic E-state index is -4.42. The quantitative estimate of drug-likeness (QED) is 0.680. The Bertz CT molecular complexity index is 1050. The number of rotatable bonds is 5. The average molecular weight is 420 g/mol. The zero-order chi connectivity index (χ0) is 21.1. The first-order chi connectivity index (χ1) is 14.4. The highest BCUT2D eigenvalue weighted by Crippen LogP contribution is 2.29. The molecule has 0 radical (unpaired) electrons. The van der Waals surface area contributed by atoms with Crippen molar-refractivity contribution in [2.24, 2.45) is 0 Å². The molecule has 1 N–H and O–H groups in total. The van der Waals surface area contributed by atoms with Crippen LogP contribution in [0.1, 0.15) is 11.1 Å². The zero-order valence-electron chi connectivity index (χ0n) is 15.9. The lowest BCUT2D eigenvalue weighted by molar-refractivity contribution is -0.137. The highest BCUT2D eigenvalue weighted by molar-refractivity contribution is 5.87. The van der Waals surface area contributed by atoms with Crippen LogP contribution in [-0.2, 0) is 28.8 Å². The molecule has 8 nitrogen and oxygen atoms in total. The van der Waals surface area contributed by atoms with Gasteiger partial charge in [0.1, 0.15) is 18.7 Å². The van der Waals surface area contributed by atoms with E-state index in [0.29, 0.717) is 37.5 Å². The number of hydrogen-bond acceptors (Lipinski definition) is 6. The number of carbonyl (C=O) groups excluding carboxylic acids is 1. The third-order valence-electron chi connectivity index (χ3n) is 4.76. The zero-order valence-corrected chi connectivity index (χ0v) is 15.9. The summed E-state index contributed by atoms with van der Waals surface area (Å²) in [5, 5.41) is 7.59. The van der Waals surface area contributed by atoms with Gasteiger partial charge in [0, 0.05) is 19.6 Å². The molecular formula is C19H19F3N6O2. The number of aromatic nitrogens is 4. The molecule has 3 aromatic rings. The van der Waals surface area contributed by atoms with Crippen LogP contribution in [0.5, 0.6) is 0 Å². The molecule has 0 saturated carbocycles. The summed E-state index contributed by atoms with van der Waals surface area (Å²) in [6.07, 6.45) is -1.39. The van der Waals surface area contributed by atoms with Crippen LogP contribution < -0.4 is 10.2 Å². The molecule has 1 aromatic carbocycles. The van der Waals surface area contributed by atoms with Gasteiger partial charge in [0.2, 0.25) is 5.91 Å². The second-order valence-corrected chi connectivity index (χ2v) is 6.81. The van der Waals surface area contributed by atoms with Crippen molar-refractivity contribution in [3.05, 3.63) is 47.9 Å². The first-order valence-electron chi connectivity index (χ1n) is 9.34. The normalized spacial score (nSPS) is 14.8. The summed E-state index contributed by atoms with van der Waals surface area (Å²) >= 11 is 0. The van der Waals surface area contributed by atoms with Crippen LogP contribution in [0.25, 0.3) is 11.0 Å². The fourth-order valence-corrected chi connectivity index (χ4v) is 3.27. The van der Waals surface area contributed by atoms with E-state index in [2.05, 4.69) is 25.3 Å². The van der Waals surface area contributed by atoms with Crippen LogP contribution in [0.3, 0.4) is 0 Å². The fourth-order valence-electron chi connectivity index (χ4n) is 3.27. The molecule has 0 bridgehead atoms. The first kappa shape index (κ1) is 20.1. The molecule has 2 aromatic heterocycles. The second-order valence-electron chi connectivity index (χ2n) is 6.81. The van der Waals surface area contributed by atoms with Crippen molar-refractivity contribution < 1.29 is 22.7 Å². The Kier molecular flexibility index (Phi) is 5.53. The predicted molar refractivity (Wildman–Crippen MR) is 102 cm³/mol. The summed E-state index contributed by atoms with van der Waals surface area (Å²) in [5.74, 6) is 0.350. The summed E-state index contributed by atoms with van der Waals surface area (Å²) in [5.41, 5.74) is 0.126. The molecule has 0 spiro atoms. The lowest BCUT2D eigenvalue weighted by Crippen LogP contribution is -2.36. The summed E-state index contributed by atoms with van der Waals surface area (Å²) < 4.78 is 45.2. The molecule has 0 unspecified atom stereocenters. The number of nitrogens with one attached hydrogen (secondary N) is 1. The van der Waals surface area contributed by atoms with E-state index in [9.17, 15) is 18.0 Å². The van der Waals surface area contributed by atoms with Crippen LogP contribution in [0, 0.1) is 0 Å². The molecule has 11 heteroatoms. The number of nitrogens with zero attached hydrogens (tertiary/aromatic N) is 5. The molecule has 158 valence electrons. The molecule has 0 aliphatic carbocycles. The van der Waals surface area contributed by atoms with Crippen molar-refractivity contribution in [2.75, 3.05) is 31.2 Å². The Morgan fingerprint density at radius 2 is 2.00 bits per heavy atom. The number of hydrogen-bond donors (Lipinski definition) is 1. The summed E-state index contributed by atoms with van der Waals surface area (Å²) in [7, 11) is 0. The van der Waals surface area contributed by atoms with Crippen molar-refractivity contribution in [1.82, 2.24) is 25.1 Å². The standard InChI is InChI=1S/C19H19F3N6O2/c20-19(21,22)14-3-1-2-13(8-14)9-23-16(29)11-28-18-15(10-26-28)17(24-12-25-18)27-4-6-30-7-5-27/h1-3,8,10,12H,4-7,9,11H2,(H,23,29). The fraction of sp³-hybridized carbons (Fsp3) is 0.368. The molecule has 1 fully saturated rings. The average Bonchev–Trinajstić information content (AvgIpc) is 3.15. The van der Waals surface area contributed by atoms with E-state index in [4.69, 9.17) is 4.74 Å². The lowest BCUT2D eigenvalue weighted by atomic mass is 10.1. The smallest absolute Gasteiger partial charge is 0.378 e. The van der Waals surface area contributed by atoms with Crippen molar-refractivity contribution >= 4 is 22.8 Å². The van der Waals surface area contributed by atoms with Gasteiger partial charge in [0.25, 0.3) is 0 Å². The number of alkyl halides is 3. The van der Waals surface area contributed by atoms with E-state index in [-0.39, 0.29) is 19.0 Å². The van der Waals surface area contributed by atoms with Crippen molar-refractivity contribution in [3.8, 4) is 0 Å². The van der Waals surface area contributed by atoms with E-state index in [1.807, 2.05) is 0 Å². The maximum atomic E-state index is 12.8. The van der Waals surface area contributed by atoms with Gasteiger partial charge in [0.15, 0.2) is 5.65 Å². The van der Waals surface area contributed by atoms with Crippen molar-refractivity contribution in [3.63, 3.8) is 0 Å². The Labute approximate surface area is 169 Å². The number of amides is 1. The van der Waals surface area contributed by atoms with Gasteiger partial charge in [-0.15, -0.1) is 0 Å². The molecule has 3 heterocycles. The van der Waals surface area contributed by atoms with E-state index in [1.54, 1.807) is 6.20 Å². The van der Waals surface area contributed by atoms with E-state index >= 15 is 0 Å². The van der Waals surface area contributed by atoms with E-state index in [1.165, 1.54) is 23.1 Å². The molecule has 30 heavy (non-hydrogen) atoms. The number of halogens is 3. The van der Waals surface area contributed by atoms with E-state index < -0.39 is 11.7 Å². The summed E-state index contributed by atoms with van der Waals surface area (Å²) in [6, 6.07) is 4.86. The van der Waals surface area contributed by atoms with Crippen LogP contribution in [0.2, 0.25) is 0 Å². The van der Waals surface area contributed by atoms with Gasteiger partial charge in [-0.1, -0.05) is 12.1 Å². The molecular weight excluding hydrogens is 401 g/mol. The van der Waals surface area contributed by atoms with Gasteiger partial charge in [-0.2, -0.15) is 18.3 Å². The van der Waals surface area contributed by atoms with Gasteiger partial charge >= 0.3 is 6.18 Å². The highest BCUT2D eigenvalue weighted by atomic mass is 19.4. The number of benzene rings is 1. The largest absolute Gasteiger partial charge is 0.416 e. The molecule has 1 saturated heterocycles. The van der Waals surface area contributed by atoms with Crippen LogP contribution >= 0.6 is 0 Å². The highest BCUT2D eigenvalue weighted by Gasteiger charge is 2.30. The SMILES string of the molecule is O=C(Cn1ncc2c(N3CCOCC3)ncnc21)NCc1cccc(C(F)(F)F)c1. The second kappa shape index (κ2) is 8.27. The Morgan fingerprint density at radius 3 is 2.77 bits per heavy atom. The molecule has 1 amide bonds. The van der Waals surface area contributed by atoms with E-state index in [0.717, 1.165) is 23.3 Å². The number of ether oxygens (including phenoxy) is 1. The van der Waals surface area contributed by atoms with Crippen molar-refractivity contribution in [1.29, 1.82) is 0 Å². The maximum Gasteiger partial charge on any atom is 0.416 e. The van der Waals surface area contributed by atoms with Crippen LogP contribution in [0.4, 0.5) is 19.0 Å². The molecule has 1 aliphatic rings. The molecule has 0 atom stereocenters. The van der Waals surface area contributed by atoms with Gasteiger partial charge in [-0.25, -0.2) is 14.6 Å². The lowest BCUT2D eigenvalue weighted by Gasteiger charge is -2.27.